The van der Waals surface area contributed by atoms with Gasteiger partial charge in [-0.15, -0.1) is 0 Å². The van der Waals surface area contributed by atoms with Gasteiger partial charge >= 0.3 is 0 Å². The summed E-state index contributed by atoms with van der Waals surface area (Å²) in [6.45, 7) is 0. The molecule has 1 aromatic carbocycles. The van der Waals surface area contributed by atoms with Crippen molar-refractivity contribution in [2.45, 2.75) is 63.1 Å². The van der Waals surface area contributed by atoms with Gasteiger partial charge in [0.2, 0.25) is 11.8 Å². The Kier molecular flexibility index (Phi) is 6.72. The van der Waals surface area contributed by atoms with Gasteiger partial charge in [0.1, 0.15) is 5.75 Å². The standard InChI is InChI=1S/C21H30N2O4/c1-26-17-8-3-5-14(11-17)12-20(24)23-18-10-9-15(13-19(18)27-2)21(25)22-16-6-4-7-16/h3,5,8,11,15-16,18-19H,4,6-7,9-10,12-13H2,1-2H3,(H,22,25)(H,23,24)/t15-,18-,19-/m0/s1. The summed E-state index contributed by atoms with van der Waals surface area (Å²) in [5.41, 5.74) is 0.911. The van der Waals surface area contributed by atoms with E-state index in [1.807, 2.05) is 24.3 Å². The van der Waals surface area contributed by atoms with E-state index >= 15 is 0 Å². The molecule has 3 rings (SSSR count). The van der Waals surface area contributed by atoms with Gasteiger partial charge in [-0.2, -0.15) is 0 Å². The van der Waals surface area contributed by atoms with Crippen LogP contribution in [-0.4, -0.2) is 44.2 Å². The minimum Gasteiger partial charge on any atom is -0.497 e. The number of carbonyl (C=O) groups excluding carboxylic acids is 2. The van der Waals surface area contributed by atoms with Crippen molar-refractivity contribution in [1.82, 2.24) is 10.6 Å². The molecule has 0 aromatic heterocycles. The maximum Gasteiger partial charge on any atom is 0.224 e. The van der Waals surface area contributed by atoms with Crippen LogP contribution in [0.2, 0.25) is 0 Å². The van der Waals surface area contributed by atoms with Crippen molar-refractivity contribution in [2.75, 3.05) is 14.2 Å². The molecule has 0 saturated heterocycles. The van der Waals surface area contributed by atoms with Crippen molar-refractivity contribution < 1.29 is 19.1 Å². The molecule has 6 nitrogen and oxygen atoms in total. The quantitative estimate of drug-likeness (QED) is 0.767. The monoisotopic (exact) mass is 374 g/mol. The molecule has 2 saturated carbocycles. The minimum atomic E-state index is -0.134. The first-order valence-electron chi connectivity index (χ1n) is 9.84. The number of hydrogen-bond donors (Lipinski definition) is 2. The predicted molar refractivity (Wildman–Crippen MR) is 103 cm³/mol. The molecular formula is C21H30N2O4. The molecule has 0 unspecified atom stereocenters. The lowest BCUT2D eigenvalue weighted by molar-refractivity contribution is -0.130. The molecule has 2 fully saturated rings. The zero-order chi connectivity index (χ0) is 19.2. The number of rotatable bonds is 7. The van der Waals surface area contributed by atoms with Gasteiger partial charge in [-0.1, -0.05) is 12.1 Å². The van der Waals surface area contributed by atoms with Crippen LogP contribution in [0.5, 0.6) is 5.75 Å². The van der Waals surface area contributed by atoms with Crippen LogP contribution in [-0.2, 0) is 20.7 Å². The largest absolute Gasteiger partial charge is 0.497 e. The molecule has 3 atom stereocenters. The summed E-state index contributed by atoms with van der Waals surface area (Å²) < 4.78 is 10.8. The lowest BCUT2D eigenvalue weighted by Gasteiger charge is -2.36. The second kappa shape index (κ2) is 9.22. The molecule has 1 aromatic rings. The van der Waals surface area contributed by atoms with Gasteiger partial charge in [0.25, 0.3) is 0 Å². The van der Waals surface area contributed by atoms with E-state index in [1.165, 1.54) is 6.42 Å². The van der Waals surface area contributed by atoms with Crippen LogP contribution in [0.15, 0.2) is 24.3 Å². The summed E-state index contributed by atoms with van der Waals surface area (Å²) in [5.74, 6) is 0.825. The van der Waals surface area contributed by atoms with Gasteiger partial charge in [0.15, 0.2) is 0 Å². The van der Waals surface area contributed by atoms with Crippen molar-refractivity contribution in [3.63, 3.8) is 0 Å². The van der Waals surface area contributed by atoms with Crippen LogP contribution in [0.25, 0.3) is 0 Å². The first-order chi connectivity index (χ1) is 13.1. The highest BCUT2D eigenvalue weighted by atomic mass is 16.5. The molecule has 0 heterocycles. The number of benzene rings is 1. The summed E-state index contributed by atoms with van der Waals surface area (Å²) in [4.78, 5) is 24.9. The van der Waals surface area contributed by atoms with Gasteiger partial charge in [0, 0.05) is 19.1 Å². The lowest BCUT2D eigenvalue weighted by atomic mass is 9.82. The number of ether oxygens (including phenoxy) is 2. The minimum absolute atomic E-state index is 0.0258. The molecule has 0 spiro atoms. The van der Waals surface area contributed by atoms with Gasteiger partial charge in [-0.3, -0.25) is 9.59 Å². The molecule has 0 bridgehead atoms. The van der Waals surface area contributed by atoms with Crippen LogP contribution in [0.1, 0.15) is 44.1 Å². The number of methoxy groups -OCH3 is 2. The second-order valence-electron chi connectivity index (χ2n) is 7.62. The maximum absolute atomic E-state index is 12.5. The topological polar surface area (TPSA) is 76.7 Å². The van der Waals surface area contributed by atoms with Crippen LogP contribution in [0.4, 0.5) is 0 Å². The van der Waals surface area contributed by atoms with E-state index in [0.29, 0.717) is 18.9 Å². The molecule has 148 valence electrons. The van der Waals surface area contributed by atoms with E-state index < -0.39 is 0 Å². The van der Waals surface area contributed by atoms with Crippen LogP contribution >= 0.6 is 0 Å². The molecule has 6 heteroatoms. The number of hydrogen-bond acceptors (Lipinski definition) is 4. The zero-order valence-electron chi connectivity index (χ0n) is 16.2. The number of nitrogens with one attached hydrogen (secondary N) is 2. The average Bonchev–Trinajstić information content (AvgIpc) is 2.64. The van der Waals surface area contributed by atoms with Crippen LogP contribution < -0.4 is 15.4 Å². The third-order valence-corrected chi connectivity index (χ3v) is 5.76. The highest BCUT2D eigenvalue weighted by Crippen LogP contribution is 2.28. The Balaban J connectivity index is 1.50. The zero-order valence-corrected chi connectivity index (χ0v) is 16.2. The smallest absolute Gasteiger partial charge is 0.224 e. The first kappa shape index (κ1) is 19.7. The van der Waals surface area contributed by atoms with E-state index in [4.69, 9.17) is 9.47 Å². The third-order valence-electron chi connectivity index (χ3n) is 5.76. The van der Waals surface area contributed by atoms with E-state index in [1.54, 1.807) is 14.2 Å². The van der Waals surface area contributed by atoms with E-state index in [0.717, 1.165) is 37.0 Å². The van der Waals surface area contributed by atoms with Crippen molar-refractivity contribution >= 4 is 11.8 Å². The predicted octanol–water partition coefficient (Wildman–Crippen LogP) is 2.21. The summed E-state index contributed by atoms with van der Waals surface area (Å²) in [5, 5.41) is 6.23. The maximum atomic E-state index is 12.5. The molecule has 0 radical (unpaired) electrons. The van der Waals surface area contributed by atoms with E-state index in [-0.39, 0.29) is 29.9 Å². The number of carbonyl (C=O) groups is 2. The van der Waals surface area contributed by atoms with Gasteiger partial charge in [0.05, 0.1) is 25.7 Å². The third kappa shape index (κ3) is 5.22. The molecule has 2 aliphatic rings. The Hall–Kier alpha value is -2.08. The first-order valence-corrected chi connectivity index (χ1v) is 9.84. The Morgan fingerprint density at radius 3 is 2.59 bits per heavy atom. The average molecular weight is 374 g/mol. The Bertz CT molecular complexity index is 659. The van der Waals surface area contributed by atoms with Gasteiger partial charge in [-0.25, -0.2) is 0 Å². The summed E-state index contributed by atoms with van der Waals surface area (Å²) in [7, 11) is 3.26. The van der Waals surface area contributed by atoms with Crippen molar-refractivity contribution in [2.24, 2.45) is 5.92 Å². The van der Waals surface area contributed by atoms with Gasteiger partial charge in [-0.05, 0) is 56.2 Å². The molecular weight excluding hydrogens is 344 g/mol. The highest BCUT2D eigenvalue weighted by Gasteiger charge is 2.35. The molecule has 2 aliphatic carbocycles. The van der Waals surface area contributed by atoms with E-state index in [9.17, 15) is 9.59 Å². The van der Waals surface area contributed by atoms with Crippen molar-refractivity contribution in [3.05, 3.63) is 29.8 Å². The second-order valence-corrected chi connectivity index (χ2v) is 7.62. The normalized spacial score (nSPS) is 25.3. The van der Waals surface area contributed by atoms with Crippen LogP contribution in [0, 0.1) is 5.92 Å². The van der Waals surface area contributed by atoms with Gasteiger partial charge < -0.3 is 20.1 Å². The van der Waals surface area contributed by atoms with E-state index in [2.05, 4.69) is 10.6 Å². The highest BCUT2D eigenvalue weighted by molar-refractivity contribution is 5.80. The Morgan fingerprint density at radius 2 is 1.93 bits per heavy atom. The van der Waals surface area contributed by atoms with Crippen molar-refractivity contribution in [3.8, 4) is 5.75 Å². The lowest BCUT2D eigenvalue weighted by Crippen LogP contribution is -2.51. The fraction of sp³-hybridized carbons (Fsp3) is 0.619. The fourth-order valence-corrected chi connectivity index (χ4v) is 3.89. The molecule has 2 amide bonds. The number of amides is 2. The molecule has 0 aliphatic heterocycles. The van der Waals surface area contributed by atoms with Crippen molar-refractivity contribution in [1.29, 1.82) is 0 Å². The summed E-state index contributed by atoms with van der Waals surface area (Å²) in [6.07, 6.45) is 5.75. The fourth-order valence-electron chi connectivity index (χ4n) is 3.89. The Labute approximate surface area is 161 Å². The summed E-state index contributed by atoms with van der Waals surface area (Å²) >= 11 is 0. The summed E-state index contributed by atoms with van der Waals surface area (Å²) in [6, 6.07) is 7.83. The SMILES string of the molecule is COc1cccc(CC(=O)N[C@H]2CC[C@H](C(=O)NC3CCC3)C[C@@H]2OC)c1. The van der Waals surface area contributed by atoms with Crippen LogP contribution in [0.3, 0.4) is 0 Å². The molecule has 27 heavy (non-hydrogen) atoms. The Morgan fingerprint density at radius 1 is 1.11 bits per heavy atom. The molecule has 2 N–H and O–H groups in total.